The largest absolute Gasteiger partial charge is 0.444 e. The highest BCUT2D eigenvalue weighted by Gasteiger charge is 2.36. The zero-order valence-electron chi connectivity index (χ0n) is 24.9. The first-order valence-electron chi connectivity index (χ1n) is 13.4. The average molecular weight is 548 g/mol. The van der Waals surface area contributed by atoms with E-state index >= 15 is 0 Å². The third kappa shape index (κ3) is 9.41. The molecule has 0 aliphatic carbocycles. The minimum Gasteiger partial charge on any atom is -0.444 e. The van der Waals surface area contributed by atoms with Crippen molar-refractivity contribution in [1.82, 2.24) is 10.3 Å². The number of carbonyl (C=O) groups is 1. The molecular weight excluding hydrogens is 498 g/mol. The molecular formula is C29H49N3O3SSi. The summed E-state index contributed by atoms with van der Waals surface area (Å²) in [5.41, 5.74) is 5.77. The second kappa shape index (κ2) is 12.8. The Morgan fingerprint density at radius 3 is 2.35 bits per heavy atom. The van der Waals surface area contributed by atoms with Crippen molar-refractivity contribution in [3.63, 3.8) is 0 Å². The van der Waals surface area contributed by atoms with Crippen LogP contribution in [0, 0.1) is 6.92 Å². The van der Waals surface area contributed by atoms with Gasteiger partial charge in [-0.15, -0.1) is 11.3 Å². The lowest BCUT2D eigenvalue weighted by Crippen LogP contribution is -2.41. The van der Waals surface area contributed by atoms with Gasteiger partial charge in [-0.3, -0.25) is 0 Å². The summed E-state index contributed by atoms with van der Waals surface area (Å²) in [7, 11) is -1.73. The predicted molar refractivity (Wildman–Crippen MR) is 160 cm³/mol. The van der Waals surface area contributed by atoms with Crippen LogP contribution in [0.5, 0.6) is 0 Å². The van der Waals surface area contributed by atoms with Crippen molar-refractivity contribution >= 4 is 31.4 Å². The maximum Gasteiger partial charge on any atom is 0.407 e. The number of ether oxygens (including phenoxy) is 1. The molecule has 1 amide bonds. The topological polar surface area (TPSA) is 63.7 Å². The summed E-state index contributed by atoms with van der Waals surface area (Å²) < 4.78 is 11.9. The van der Waals surface area contributed by atoms with Crippen LogP contribution in [0.2, 0.25) is 18.1 Å². The van der Waals surface area contributed by atoms with Gasteiger partial charge in [0.1, 0.15) is 5.60 Å². The fourth-order valence-corrected chi connectivity index (χ4v) is 5.66. The Morgan fingerprint density at radius 1 is 1.14 bits per heavy atom. The number of aromatic nitrogens is 1. The Labute approximate surface area is 230 Å². The summed E-state index contributed by atoms with van der Waals surface area (Å²) in [5.74, 6) is 0. The molecule has 0 spiro atoms. The number of carbonyl (C=O) groups excluding carboxylic acids is 1. The van der Waals surface area contributed by atoms with E-state index in [1.807, 2.05) is 33.2 Å². The first-order chi connectivity index (χ1) is 17.0. The lowest BCUT2D eigenvalue weighted by Gasteiger charge is -2.36. The van der Waals surface area contributed by atoms with Gasteiger partial charge in [0.05, 0.1) is 16.1 Å². The molecule has 0 fully saturated rings. The lowest BCUT2D eigenvalue weighted by molar-refractivity contribution is 0.0523. The number of anilines is 1. The van der Waals surface area contributed by atoms with Crippen LogP contribution < -0.4 is 10.2 Å². The number of nitrogens with one attached hydrogen (secondary N) is 1. The second-order valence-corrected chi connectivity index (χ2v) is 18.2. The highest BCUT2D eigenvalue weighted by molar-refractivity contribution is 7.13. The number of unbranched alkanes of at least 4 members (excludes halogenated alkanes) is 1. The fourth-order valence-electron chi connectivity index (χ4n) is 3.77. The highest BCUT2D eigenvalue weighted by atomic mass is 32.1. The van der Waals surface area contributed by atoms with Gasteiger partial charge in [-0.2, -0.15) is 0 Å². The van der Waals surface area contributed by atoms with E-state index < -0.39 is 20.0 Å². The number of alkyl carbamates (subject to hydrolysis) is 1. The number of hydrogen-bond donors (Lipinski definition) is 1. The minimum atomic E-state index is -1.73. The van der Waals surface area contributed by atoms with Crippen LogP contribution in [0.15, 0.2) is 23.7 Å². The van der Waals surface area contributed by atoms with Crippen LogP contribution >= 0.6 is 11.3 Å². The van der Waals surface area contributed by atoms with Crippen molar-refractivity contribution in [2.75, 3.05) is 18.1 Å². The molecule has 0 aliphatic heterocycles. The molecule has 1 heterocycles. The Hall–Kier alpha value is -1.90. The molecule has 0 aliphatic rings. The molecule has 2 rings (SSSR count). The third-order valence-corrected chi connectivity index (χ3v) is 12.4. The van der Waals surface area contributed by atoms with E-state index in [4.69, 9.17) is 9.16 Å². The quantitative estimate of drug-likeness (QED) is 0.227. The standard InChI is InChI=1S/C29H49N3O3SSi/c1-21(2)32(16-12-13-17-34-37(10,11)29(7,8)9)25-18-23(26-22(3)31-20-36-26)14-15-24(25)19-30-27(33)35-28(4,5)6/h14-15,18,20-21H,12-13,16-17,19H2,1-11H3,(H,30,33). The smallest absolute Gasteiger partial charge is 0.407 e. The molecule has 0 unspecified atom stereocenters. The Bertz CT molecular complexity index is 1020. The van der Waals surface area contributed by atoms with Crippen molar-refractivity contribution in [2.24, 2.45) is 0 Å². The van der Waals surface area contributed by atoms with Gasteiger partial charge in [0.2, 0.25) is 0 Å². The molecule has 0 saturated heterocycles. The first-order valence-corrected chi connectivity index (χ1v) is 17.2. The van der Waals surface area contributed by atoms with Gasteiger partial charge in [-0.05, 0) is 89.7 Å². The van der Waals surface area contributed by atoms with Crippen LogP contribution in [-0.4, -0.2) is 44.2 Å². The lowest BCUT2D eigenvalue weighted by atomic mass is 10.0. The van der Waals surface area contributed by atoms with E-state index in [2.05, 4.69) is 81.1 Å². The van der Waals surface area contributed by atoms with Crippen molar-refractivity contribution in [1.29, 1.82) is 0 Å². The van der Waals surface area contributed by atoms with E-state index in [1.54, 1.807) is 11.3 Å². The van der Waals surface area contributed by atoms with Crippen LogP contribution in [0.1, 0.15) is 79.5 Å². The molecule has 0 bridgehead atoms. The zero-order chi connectivity index (χ0) is 28.0. The molecule has 1 N–H and O–H groups in total. The maximum atomic E-state index is 12.4. The summed E-state index contributed by atoms with van der Waals surface area (Å²) >= 11 is 1.66. The minimum absolute atomic E-state index is 0.224. The van der Waals surface area contributed by atoms with Gasteiger partial charge < -0.3 is 19.4 Å². The summed E-state index contributed by atoms with van der Waals surface area (Å²) in [6.07, 6.45) is 1.66. The van der Waals surface area contributed by atoms with Crippen molar-refractivity contribution in [2.45, 2.75) is 111 Å². The molecule has 1 aromatic carbocycles. The molecule has 0 saturated carbocycles. The van der Waals surface area contributed by atoms with E-state index in [0.29, 0.717) is 12.6 Å². The maximum absolute atomic E-state index is 12.4. The van der Waals surface area contributed by atoms with Gasteiger partial charge in [-0.1, -0.05) is 32.9 Å². The fraction of sp³-hybridized carbons (Fsp3) is 0.655. The third-order valence-electron chi connectivity index (χ3n) is 6.91. The number of hydrogen-bond acceptors (Lipinski definition) is 6. The number of benzene rings is 1. The second-order valence-electron chi connectivity index (χ2n) is 12.6. The summed E-state index contributed by atoms with van der Waals surface area (Å²) in [4.78, 5) is 20.4. The van der Waals surface area contributed by atoms with Crippen LogP contribution in [0.25, 0.3) is 10.4 Å². The number of aryl methyl sites for hydroxylation is 1. The van der Waals surface area contributed by atoms with E-state index in [0.717, 1.165) is 48.5 Å². The molecule has 37 heavy (non-hydrogen) atoms. The van der Waals surface area contributed by atoms with E-state index in [1.165, 1.54) is 4.88 Å². The van der Waals surface area contributed by atoms with E-state index in [9.17, 15) is 4.79 Å². The van der Waals surface area contributed by atoms with Gasteiger partial charge in [-0.25, -0.2) is 9.78 Å². The number of nitrogens with zero attached hydrogens (tertiary/aromatic N) is 2. The molecule has 6 nitrogen and oxygen atoms in total. The van der Waals surface area contributed by atoms with Crippen molar-refractivity contribution in [3.05, 3.63) is 35.0 Å². The van der Waals surface area contributed by atoms with Crippen molar-refractivity contribution in [3.8, 4) is 10.4 Å². The number of amides is 1. The Morgan fingerprint density at radius 2 is 1.81 bits per heavy atom. The normalized spacial score (nSPS) is 12.6. The molecule has 1 aromatic heterocycles. The van der Waals surface area contributed by atoms with Crippen LogP contribution in [0.3, 0.4) is 0 Å². The highest BCUT2D eigenvalue weighted by Crippen LogP contribution is 2.37. The monoisotopic (exact) mass is 547 g/mol. The van der Waals surface area contributed by atoms with Crippen LogP contribution in [0.4, 0.5) is 10.5 Å². The van der Waals surface area contributed by atoms with Gasteiger partial charge in [0, 0.05) is 31.4 Å². The SMILES string of the molecule is Cc1ncsc1-c1ccc(CNC(=O)OC(C)(C)C)c(N(CCCCO[Si](C)(C)C(C)(C)C)C(C)C)c1. The molecule has 0 atom stereocenters. The number of rotatable bonds is 11. The molecule has 208 valence electrons. The first kappa shape index (κ1) is 31.3. The van der Waals surface area contributed by atoms with Crippen LogP contribution in [-0.2, 0) is 15.7 Å². The Kier molecular flexibility index (Phi) is 10.8. The van der Waals surface area contributed by atoms with E-state index in [-0.39, 0.29) is 5.04 Å². The Balaban J connectivity index is 2.22. The van der Waals surface area contributed by atoms with Gasteiger partial charge in [0.15, 0.2) is 8.32 Å². The van der Waals surface area contributed by atoms with Gasteiger partial charge >= 0.3 is 6.09 Å². The summed E-state index contributed by atoms with van der Waals surface area (Å²) in [5, 5.41) is 3.17. The van der Waals surface area contributed by atoms with Crippen molar-refractivity contribution < 1.29 is 14.0 Å². The summed E-state index contributed by atoms with van der Waals surface area (Å²) in [6.45, 7) is 25.7. The number of thiazole rings is 1. The molecule has 2 aromatic rings. The average Bonchev–Trinajstić information content (AvgIpc) is 3.18. The molecule has 8 heteroatoms. The van der Waals surface area contributed by atoms with Gasteiger partial charge in [0.25, 0.3) is 0 Å². The zero-order valence-corrected chi connectivity index (χ0v) is 26.8. The summed E-state index contributed by atoms with van der Waals surface area (Å²) in [6, 6.07) is 6.80. The molecule has 0 radical (unpaired) electrons. The predicted octanol–water partition coefficient (Wildman–Crippen LogP) is 8.16.